The fourth-order valence-electron chi connectivity index (χ4n) is 2.54. The first-order valence-electron chi connectivity index (χ1n) is 7.00. The van der Waals surface area contributed by atoms with Crippen molar-refractivity contribution in [2.24, 2.45) is 7.05 Å². The molecule has 0 saturated carbocycles. The average molecular weight is 304 g/mol. The van der Waals surface area contributed by atoms with Gasteiger partial charge in [0.05, 0.1) is 16.4 Å². The quantitative estimate of drug-likeness (QED) is 0.696. The molecule has 2 aromatic heterocycles. The maximum atomic E-state index is 6.29. The van der Waals surface area contributed by atoms with Gasteiger partial charge in [-0.05, 0) is 31.5 Å². The molecule has 6 heteroatoms. The standard InChI is InChI=1S/C15H18ClN5/c1-10-4-5-13-12(8-10)18-15(11(2)16)21(13)7-6-14-19-17-9-20(14)3/h4-5,8-9,11H,6-7H2,1-3H3. The SMILES string of the molecule is Cc1ccc2c(c1)nc(C(C)Cl)n2CCc1nncn1C. The number of rotatable bonds is 4. The number of hydrogen-bond donors (Lipinski definition) is 0. The topological polar surface area (TPSA) is 48.5 Å². The van der Waals surface area contributed by atoms with E-state index in [1.54, 1.807) is 6.33 Å². The van der Waals surface area contributed by atoms with Gasteiger partial charge in [0.1, 0.15) is 18.0 Å². The van der Waals surface area contributed by atoms with Gasteiger partial charge in [-0.15, -0.1) is 21.8 Å². The van der Waals surface area contributed by atoms with Crippen molar-refractivity contribution in [1.82, 2.24) is 24.3 Å². The molecule has 1 aromatic carbocycles. The average Bonchev–Trinajstić information content (AvgIpc) is 2.99. The van der Waals surface area contributed by atoms with E-state index >= 15 is 0 Å². The van der Waals surface area contributed by atoms with Crippen molar-refractivity contribution >= 4 is 22.6 Å². The van der Waals surface area contributed by atoms with Gasteiger partial charge in [-0.2, -0.15) is 0 Å². The molecule has 1 atom stereocenters. The highest BCUT2D eigenvalue weighted by Gasteiger charge is 2.15. The Hall–Kier alpha value is -1.88. The van der Waals surface area contributed by atoms with Crippen LogP contribution >= 0.6 is 11.6 Å². The van der Waals surface area contributed by atoms with Crippen LogP contribution in [-0.2, 0) is 20.0 Å². The molecule has 1 unspecified atom stereocenters. The van der Waals surface area contributed by atoms with E-state index in [0.29, 0.717) is 0 Å². The normalized spacial score (nSPS) is 13.0. The van der Waals surface area contributed by atoms with E-state index in [-0.39, 0.29) is 5.38 Å². The van der Waals surface area contributed by atoms with Crippen LogP contribution in [0.15, 0.2) is 24.5 Å². The summed E-state index contributed by atoms with van der Waals surface area (Å²) in [7, 11) is 1.95. The molecule has 3 aromatic rings. The van der Waals surface area contributed by atoms with Crippen LogP contribution < -0.4 is 0 Å². The second-order valence-corrected chi connectivity index (χ2v) is 5.99. The monoisotopic (exact) mass is 303 g/mol. The van der Waals surface area contributed by atoms with Crippen molar-refractivity contribution < 1.29 is 0 Å². The first-order chi connectivity index (χ1) is 10.1. The van der Waals surface area contributed by atoms with Crippen molar-refractivity contribution in [2.45, 2.75) is 32.2 Å². The number of benzene rings is 1. The molecule has 0 fully saturated rings. The molecule has 0 amide bonds. The van der Waals surface area contributed by atoms with E-state index < -0.39 is 0 Å². The lowest BCUT2D eigenvalue weighted by Crippen LogP contribution is -2.09. The second-order valence-electron chi connectivity index (χ2n) is 5.34. The van der Waals surface area contributed by atoms with E-state index in [4.69, 9.17) is 11.6 Å². The first kappa shape index (κ1) is 14.1. The van der Waals surface area contributed by atoms with Crippen LogP contribution in [0.1, 0.15) is 29.5 Å². The smallest absolute Gasteiger partial charge is 0.134 e. The van der Waals surface area contributed by atoms with Crippen molar-refractivity contribution in [1.29, 1.82) is 0 Å². The molecular formula is C15H18ClN5. The third-order valence-corrected chi connectivity index (χ3v) is 3.85. The number of aromatic nitrogens is 5. The number of imidazole rings is 1. The Morgan fingerprint density at radius 1 is 1.33 bits per heavy atom. The first-order valence-corrected chi connectivity index (χ1v) is 7.43. The molecule has 0 radical (unpaired) electrons. The fourth-order valence-corrected chi connectivity index (χ4v) is 2.71. The van der Waals surface area contributed by atoms with Gasteiger partial charge in [-0.25, -0.2) is 4.98 Å². The molecule has 0 bridgehead atoms. The Morgan fingerprint density at radius 3 is 2.81 bits per heavy atom. The van der Waals surface area contributed by atoms with Crippen LogP contribution in [0, 0.1) is 6.92 Å². The molecule has 0 N–H and O–H groups in total. The molecule has 0 saturated heterocycles. The Bertz CT molecular complexity index is 772. The summed E-state index contributed by atoms with van der Waals surface area (Å²) in [6.45, 7) is 4.81. The van der Waals surface area contributed by atoms with Gasteiger partial charge >= 0.3 is 0 Å². The molecular weight excluding hydrogens is 286 g/mol. The molecule has 5 nitrogen and oxygen atoms in total. The third kappa shape index (κ3) is 2.65. The highest BCUT2D eigenvalue weighted by molar-refractivity contribution is 6.20. The summed E-state index contributed by atoms with van der Waals surface area (Å²) < 4.78 is 4.12. The molecule has 0 aliphatic rings. The van der Waals surface area contributed by atoms with E-state index in [1.807, 2.05) is 18.5 Å². The molecule has 2 heterocycles. The summed E-state index contributed by atoms with van der Waals surface area (Å²) in [4.78, 5) is 4.68. The van der Waals surface area contributed by atoms with Crippen LogP contribution in [0.5, 0.6) is 0 Å². The second kappa shape index (κ2) is 5.48. The van der Waals surface area contributed by atoms with Crippen LogP contribution in [0.25, 0.3) is 11.0 Å². The van der Waals surface area contributed by atoms with Gasteiger partial charge in [0, 0.05) is 20.0 Å². The predicted octanol–water partition coefficient (Wildman–Crippen LogP) is 3.02. The van der Waals surface area contributed by atoms with Crippen LogP contribution in [0.3, 0.4) is 0 Å². The molecule has 3 rings (SSSR count). The summed E-state index contributed by atoms with van der Waals surface area (Å²) in [5, 5.41) is 7.92. The van der Waals surface area contributed by atoms with Crippen molar-refractivity contribution in [3.8, 4) is 0 Å². The van der Waals surface area contributed by atoms with Gasteiger partial charge in [0.25, 0.3) is 0 Å². The van der Waals surface area contributed by atoms with Gasteiger partial charge in [-0.3, -0.25) is 0 Å². The Kier molecular flexibility index (Phi) is 3.68. The predicted molar refractivity (Wildman–Crippen MR) is 83.4 cm³/mol. The summed E-state index contributed by atoms with van der Waals surface area (Å²) >= 11 is 6.29. The number of aryl methyl sites for hydroxylation is 4. The molecule has 0 aliphatic carbocycles. The highest BCUT2D eigenvalue weighted by atomic mass is 35.5. The molecule has 0 aliphatic heterocycles. The van der Waals surface area contributed by atoms with Crippen LogP contribution in [-0.4, -0.2) is 24.3 Å². The summed E-state index contributed by atoms with van der Waals surface area (Å²) in [5.74, 6) is 1.86. The largest absolute Gasteiger partial charge is 0.326 e. The number of alkyl halides is 1. The van der Waals surface area contributed by atoms with E-state index in [9.17, 15) is 0 Å². The minimum Gasteiger partial charge on any atom is -0.326 e. The van der Waals surface area contributed by atoms with E-state index in [1.165, 1.54) is 5.56 Å². The number of halogens is 1. The minimum absolute atomic E-state index is 0.128. The van der Waals surface area contributed by atoms with Gasteiger partial charge in [0.15, 0.2) is 0 Å². The Balaban J connectivity index is 1.99. The minimum atomic E-state index is -0.128. The zero-order valence-electron chi connectivity index (χ0n) is 12.4. The molecule has 0 spiro atoms. The maximum absolute atomic E-state index is 6.29. The molecule has 110 valence electrons. The Morgan fingerprint density at radius 2 is 2.14 bits per heavy atom. The molecule has 21 heavy (non-hydrogen) atoms. The lowest BCUT2D eigenvalue weighted by Gasteiger charge is -2.10. The van der Waals surface area contributed by atoms with E-state index in [0.717, 1.165) is 35.6 Å². The number of hydrogen-bond acceptors (Lipinski definition) is 3. The fraction of sp³-hybridized carbons (Fsp3) is 0.400. The maximum Gasteiger partial charge on any atom is 0.134 e. The van der Waals surface area contributed by atoms with Crippen LogP contribution in [0.4, 0.5) is 0 Å². The third-order valence-electron chi connectivity index (χ3n) is 3.65. The number of nitrogens with zero attached hydrogens (tertiary/aromatic N) is 5. The van der Waals surface area contributed by atoms with Crippen molar-refractivity contribution in [3.05, 3.63) is 41.7 Å². The lowest BCUT2D eigenvalue weighted by molar-refractivity contribution is 0.632. The number of fused-ring (bicyclic) bond motifs is 1. The Labute approximate surface area is 128 Å². The van der Waals surface area contributed by atoms with Crippen molar-refractivity contribution in [2.75, 3.05) is 0 Å². The summed E-state index contributed by atoms with van der Waals surface area (Å²) in [5.41, 5.74) is 3.31. The van der Waals surface area contributed by atoms with Gasteiger partial charge in [0.2, 0.25) is 0 Å². The lowest BCUT2D eigenvalue weighted by atomic mass is 10.2. The summed E-state index contributed by atoms with van der Waals surface area (Å²) in [6, 6.07) is 6.31. The summed E-state index contributed by atoms with van der Waals surface area (Å²) in [6.07, 6.45) is 2.52. The zero-order chi connectivity index (χ0) is 15.0. The van der Waals surface area contributed by atoms with Gasteiger partial charge in [-0.1, -0.05) is 6.07 Å². The highest BCUT2D eigenvalue weighted by Crippen LogP contribution is 2.25. The zero-order valence-corrected chi connectivity index (χ0v) is 13.2. The van der Waals surface area contributed by atoms with E-state index in [2.05, 4.69) is 44.9 Å². The van der Waals surface area contributed by atoms with Crippen LogP contribution in [0.2, 0.25) is 0 Å². The van der Waals surface area contributed by atoms with Gasteiger partial charge < -0.3 is 9.13 Å². The van der Waals surface area contributed by atoms with Crippen molar-refractivity contribution in [3.63, 3.8) is 0 Å².